The zero-order valence-electron chi connectivity index (χ0n) is 11.7. The van der Waals surface area contributed by atoms with Crippen LogP contribution in [0.2, 0.25) is 0 Å². The zero-order chi connectivity index (χ0) is 14.0. The summed E-state index contributed by atoms with van der Waals surface area (Å²) in [4.78, 5) is 4.31. The van der Waals surface area contributed by atoms with Crippen LogP contribution in [0.15, 0.2) is 18.3 Å². The second-order valence-corrected chi connectivity index (χ2v) is 4.30. The van der Waals surface area contributed by atoms with Gasteiger partial charge in [0.1, 0.15) is 17.3 Å². The summed E-state index contributed by atoms with van der Waals surface area (Å²) in [6, 6.07) is 3.91. The molecule has 0 radical (unpaired) electrons. The fourth-order valence-electron chi connectivity index (χ4n) is 2.25. The van der Waals surface area contributed by atoms with Crippen molar-refractivity contribution >= 4 is 0 Å². The molecule has 0 saturated heterocycles. The van der Waals surface area contributed by atoms with Gasteiger partial charge >= 0.3 is 0 Å². The van der Waals surface area contributed by atoms with Crippen LogP contribution in [0.3, 0.4) is 0 Å². The molecule has 0 aliphatic rings. The minimum atomic E-state index is 0.411. The first-order chi connectivity index (χ1) is 9.13. The Morgan fingerprint density at radius 3 is 2.53 bits per heavy atom. The van der Waals surface area contributed by atoms with Crippen LogP contribution in [0.1, 0.15) is 11.4 Å². The van der Waals surface area contributed by atoms with Crippen molar-refractivity contribution in [2.75, 3.05) is 14.2 Å². The third kappa shape index (κ3) is 2.17. The summed E-state index contributed by atoms with van der Waals surface area (Å²) in [5, 5.41) is 0. The van der Waals surface area contributed by atoms with Crippen LogP contribution in [-0.2, 0) is 13.6 Å². The highest BCUT2D eigenvalue weighted by atomic mass is 16.5. The summed E-state index contributed by atoms with van der Waals surface area (Å²) in [7, 11) is 5.26. The molecule has 0 fully saturated rings. The molecule has 5 nitrogen and oxygen atoms in total. The Labute approximate surface area is 113 Å². The average Bonchev–Trinajstić information content (AvgIpc) is 2.79. The van der Waals surface area contributed by atoms with Crippen LogP contribution in [0, 0.1) is 6.92 Å². The molecule has 0 unspecified atom stereocenters. The molecule has 0 aliphatic carbocycles. The lowest BCUT2D eigenvalue weighted by molar-refractivity contribution is 0.389. The summed E-state index contributed by atoms with van der Waals surface area (Å²) in [6.45, 7) is 2.38. The van der Waals surface area contributed by atoms with Gasteiger partial charge in [-0.25, -0.2) is 4.98 Å². The van der Waals surface area contributed by atoms with Gasteiger partial charge in [-0.3, -0.25) is 0 Å². The zero-order valence-corrected chi connectivity index (χ0v) is 11.7. The predicted octanol–water partition coefficient (Wildman–Crippen LogP) is 1.87. The standard InChI is InChI=1S/C14H19N3O2/c1-9-12(18-3)6-5-10(14(9)19-4)11-8-16-13(7-15)17(11)2/h5-6,8H,7,15H2,1-4H3. The Bertz CT molecular complexity index is 591. The molecule has 0 atom stereocenters. The van der Waals surface area contributed by atoms with Crippen molar-refractivity contribution in [2.45, 2.75) is 13.5 Å². The Balaban J connectivity index is 2.62. The Morgan fingerprint density at radius 2 is 2.00 bits per heavy atom. The fourth-order valence-corrected chi connectivity index (χ4v) is 2.25. The van der Waals surface area contributed by atoms with E-state index in [9.17, 15) is 0 Å². The molecule has 1 aromatic heterocycles. The number of ether oxygens (including phenoxy) is 2. The summed E-state index contributed by atoms with van der Waals surface area (Å²) in [5.41, 5.74) is 8.58. The lowest BCUT2D eigenvalue weighted by atomic mass is 10.1. The maximum Gasteiger partial charge on any atom is 0.134 e. The van der Waals surface area contributed by atoms with Crippen molar-refractivity contribution in [1.82, 2.24) is 9.55 Å². The highest BCUT2D eigenvalue weighted by Gasteiger charge is 2.16. The Hall–Kier alpha value is -2.01. The second kappa shape index (κ2) is 5.32. The van der Waals surface area contributed by atoms with Crippen molar-refractivity contribution in [3.8, 4) is 22.8 Å². The van der Waals surface area contributed by atoms with Gasteiger partial charge < -0.3 is 19.8 Å². The predicted molar refractivity (Wildman–Crippen MR) is 74.4 cm³/mol. The highest BCUT2D eigenvalue weighted by Crippen LogP contribution is 2.37. The molecule has 0 aliphatic heterocycles. The van der Waals surface area contributed by atoms with E-state index in [4.69, 9.17) is 15.2 Å². The van der Waals surface area contributed by atoms with Crippen LogP contribution in [0.5, 0.6) is 11.5 Å². The van der Waals surface area contributed by atoms with Gasteiger partial charge in [-0.05, 0) is 19.1 Å². The van der Waals surface area contributed by atoms with Crippen molar-refractivity contribution in [2.24, 2.45) is 12.8 Å². The number of nitrogens with zero attached hydrogens (tertiary/aromatic N) is 2. The lowest BCUT2D eigenvalue weighted by Gasteiger charge is -2.15. The summed E-state index contributed by atoms with van der Waals surface area (Å²) < 4.78 is 12.8. The number of rotatable bonds is 4. The minimum Gasteiger partial charge on any atom is -0.496 e. The van der Waals surface area contributed by atoms with Gasteiger partial charge in [-0.1, -0.05) is 0 Å². The molecule has 102 valence electrons. The summed E-state index contributed by atoms with van der Waals surface area (Å²) in [6.07, 6.45) is 1.81. The van der Waals surface area contributed by atoms with Gasteiger partial charge in [-0.15, -0.1) is 0 Å². The smallest absolute Gasteiger partial charge is 0.134 e. The maximum absolute atomic E-state index is 5.65. The Kier molecular flexibility index (Phi) is 3.76. The molecule has 19 heavy (non-hydrogen) atoms. The first-order valence-electron chi connectivity index (χ1n) is 6.06. The van der Waals surface area contributed by atoms with E-state index < -0.39 is 0 Å². The summed E-state index contributed by atoms with van der Waals surface area (Å²) in [5.74, 6) is 2.44. The van der Waals surface area contributed by atoms with Crippen molar-refractivity contribution in [3.63, 3.8) is 0 Å². The first kappa shape index (κ1) is 13.4. The average molecular weight is 261 g/mol. The third-order valence-corrected chi connectivity index (χ3v) is 3.32. The largest absolute Gasteiger partial charge is 0.496 e. The molecule has 0 amide bonds. The van der Waals surface area contributed by atoms with Gasteiger partial charge in [0.15, 0.2) is 0 Å². The van der Waals surface area contributed by atoms with E-state index in [1.54, 1.807) is 14.2 Å². The molecular formula is C14H19N3O2. The number of nitrogens with two attached hydrogens (primary N) is 1. The number of imidazole rings is 1. The molecule has 2 N–H and O–H groups in total. The highest BCUT2D eigenvalue weighted by molar-refractivity contribution is 5.71. The number of methoxy groups -OCH3 is 2. The summed E-state index contributed by atoms with van der Waals surface area (Å²) >= 11 is 0. The van der Waals surface area contributed by atoms with Gasteiger partial charge in [0.05, 0.1) is 32.7 Å². The SMILES string of the molecule is COc1ccc(-c2cnc(CN)n2C)c(OC)c1C. The fraction of sp³-hybridized carbons (Fsp3) is 0.357. The van der Waals surface area contributed by atoms with Gasteiger partial charge in [-0.2, -0.15) is 0 Å². The van der Waals surface area contributed by atoms with E-state index in [2.05, 4.69) is 4.98 Å². The maximum atomic E-state index is 5.65. The van der Waals surface area contributed by atoms with Crippen LogP contribution >= 0.6 is 0 Å². The quantitative estimate of drug-likeness (QED) is 0.912. The van der Waals surface area contributed by atoms with E-state index in [1.807, 2.05) is 36.9 Å². The number of benzene rings is 1. The monoisotopic (exact) mass is 261 g/mol. The Morgan fingerprint density at radius 1 is 1.26 bits per heavy atom. The first-order valence-corrected chi connectivity index (χ1v) is 6.06. The van der Waals surface area contributed by atoms with Gasteiger partial charge in [0.25, 0.3) is 0 Å². The van der Waals surface area contributed by atoms with Gasteiger partial charge in [0.2, 0.25) is 0 Å². The van der Waals surface area contributed by atoms with Crippen LogP contribution in [0.4, 0.5) is 0 Å². The molecule has 0 saturated carbocycles. The minimum absolute atomic E-state index is 0.411. The molecule has 0 bridgehead atoms. The number of aromatic nitrogens is 2. The van der Waals surface area contributed by atoms with E-state index in [1.165, 1.54) is 0 Å². The van der Waals surface area contributed by atoms with Crippen LogP contribution < -0.4 is 15.2 Å². The topological polar surface area (TPSA) is 62.3 Å². The molecule has 1 heterocycles. The normalized spacial score (nSPS) is 10.6. The molecule has 5 heteroatoms. The van der Waals surface area contributed by atoms with Crippen molar-refractivity contribution < 1.29 is 9.47 Å². The molecule has 0 spiro atoms. The van der Waals surface area contributed by atoms with E-state index in [-0.39, 0.29) is 0 Å². The van der Waals surface area contributed by atoms with Crippen molar-refractivity contribution in [1.29, 1.82) is 0 Å². The molecule has 1 aromatic carbocycles. The second-order valence-electron chi connectivity index (χ2n) is 4.30. The third-order valence-electron chi connectivity index (χ3n) is 3.32. The lowest BCUT2D eigenvalue weighted by Crippen LogP contribution is -2.06. The van der Waals surface area contributed by atoms with Gasteiger partial charge in [0, 0.05) is 18.2 Å². The van der Waals surface area contributed by atoms with E-state index in [0.29, 0.717) is 6.54 Å². The van der Waals surface area contributed by atoms with E-state index in [0.717, 1.165) is 34.1 Å². The van der Waals surface area contributed by atoms with Crippen LogP contribution in [-0.4, -0.2) is 23.8 Å². The molecular weight excluding hydrogens is 242 g/mol. The number of hydrogen-bond donors (Lipinski definition) is 1. The number of hydrogen-bond acceptors (Lipinski definition) is 4. The molecule has 2 rings (SSSR count). The van der Waals surface area contributed by atoms with E-state index >= 15 is 0 Å². The van der Waals surface area contributed by atoms with Crippen LogP contribution in [0.25, 0.3) is 11.3 Å². The molecule has 2 aromatic rings. The van der Waals surface area contributed by atoms with Crippen molar-refractivity contribution in [3.05, 3.63) is 29.7 Å².